The standard InChI is InChI=1S/C15H19N3O/c1-11(2)17-8-12-7-16-10-18(12)14-9-19-15-6-4-3-5-13(14)15/h3-7,10-11,14,17H,8-9H2,1-2H3. The minimum absolute atomic E-state index is 0.239. The van der Waals surface area contributed by atoms with Crippen LogP contribution in [0.4, 0.5) is 0 Å². The maximum absolute atomic E-state index is 5.75. The molecule has 100 valence electrons. The van der Waals surface area contributed by atoms with Crippen LogP contribution in [-0.4, -0.2) is 22.2 Å². The van der Waals surface area contributed by atoms with Gasteiger partial charge in [0, 0.05) is 24.3 Å². The van der Waals surface area contributed by atoms with Gasteiger partial charge in [0.2, 0.25) is 0 Å². The lowest BCUT2D eigenvalue weighted by Gasteiger charge is -2.16. The molecule has 1 aliphatic heterocycles. The first-order valence-corrected chi connectivity index (χ1v) is 6.71. The highest BCUT2D eigenvalue weighted by Crippen LogP contribution is 2.34. The number of rotatable bonds is 4. The maximum Gasteiger partial charge on any atom is 0.124 e. The van der Waals surface area contributed by atoms with Crippen LogP contribution in [0, 0.1) is 0 Å². The monoisotopic (exact) mass is 257 g/mol. The second-order valence-corrected chi connectivity index (χ2v) is 5.19. The molecule has 4 heteroatoms. The molecule has 1 aromatic heterocycles. The van der Waals surface area contributed by atoms with E-state index < -0.39 is 0 Å². The van der Waals surface area contributed by atoms with E-state index in [1.807, 2.05) is 24.7 Å². The van der Waals surface area contributed by atoms with Gasteiger partial charge < -0.3 is 14.6 Å². The Labute approximate surface area is 113 Å². The molecule has 0 bridgehead atoms. The molecular formula is C15H19N3O. The number of hydrogen-bond acceptors (Lipinski definition) is 3. The molecule has 1 N–H and O–H groups in total. The van der Waals surface area contributed by atoms with Crippen molar-refractivity contribution in [3.8, 4) is 5.75 Å². The molecule has 0 aliphatic carbocycles. The van der Waals surface area contributed by atoms with Crippen molar-refractivity contribution < 1.29 is 4.74 Å². The van der Waals surface area contributed by atoms with E-state index in [1.165, 1.54) is 11.3 Å². The zero-order chi connectivity index (χ0) is 13.2. The fraction of sp³-hybridized carbons (Fsp3) is 0.400. The third-order valence-corrected chi connectivity index (χ3v) is 3.45. The minimum Gasteiger partial charge on any atom is -0.491 e. The van der Waals surface area contributed by atoms with Crippen LogP contribution < -0.4 is 10.1 Å². The number of ether oxygens (including phenoxy) is 1. The quantitative estimate of drug-likeness (QED) is 0.914. The van der Waals surface area contributed by atoms with Gasteiger partial charge >= 0.3 is 0 Å². The van der Waals surface area contributed by atoms with Crippen molar-refractivity contribution >= 4 is 0 Å². The fourth-order valence-corrected chi connectivity index (χ4v) is 2.43. The fourth-order valence-electron chi connectivity index (χ4n) is 2.43. The molecule has 1 unspecified atom stereocenters. The summed E-state index contributed by atoms with van der Waals surface area (Å²) in [6, 6.07) is 8.93. The summed E-state index contributed by atoms with van der Waals surface area (Å²) in [4.78, 5) is 4.28. The molecule has 1 aromatic carbocycles. The Morgan fingerprint density at radius 3 is 3.11 bits per heavy atom. The topological polar surface area (TPSA) is 39.1 Å². The summed E-state index contributed by atoms with van der Waals surface area (Å²) in [5.41, 5.74) is 2.44. The van der Waals surface area contributed by atoms with Gasteiger partial charge in [-0.1, -0.05) is 32.0 Å². The average Bonchev–Trinajstić information content (AvgIpc) is 3.02. The van der Waals surface area contributed by atoms with Crippen LogP contribution in [0.15, 0.2) is 36.8 Å². The van der Waals surface area contributed by atoms with Gasteiger partial charge in [0.15, 0.2) is 0 Å². The van der Waals surface area contributed by atoms with Crippen molar-refractivity contribution in [2.45, 2.75) is 32.5 Å². The Morgan fingerprint density at radius 1 is 1.42 bits per heavy atom. The highest BCUT2D eigenvalue weighted by molar-refractivity contribution is 5.40. The summed E-state index contributed by atoms with van der Waals surface area (Å²) < 4.78 is 7.96. The van der Waals surface area contributed by atoms with Crippen LogP contribution in [0.3, 0.4) is 0 Å². The van der Waals surface area contributed by atoms with Crippen LogP contribution in [0.2, 0.25) is 0 Å². The first-order valence-electron chi connectivity index (χ1n) is 6.71. The van der Waals surface area contributed by atoms with Crippen LogP contribution in [0.25, 0.3) is 0 Å². The third-order valence-electron chi connectivity index (χ3n) is 3.45. The lowest BCUT2D eigenvalue weighted by atomic mass is 10.1. The number of aromatic nitrogens is 2. The highest BCUT2D eigenvalue weighted by Gasteiger charge is 2.26. The van der Waals surface area contributed by atoms with Gasteiger partial charge in [0.05, 0.1) is 18.1 Å². The molecule has 0 amide bonds. The summed E-state index contributed by atoms with van der Waals surface area (Å²) in [5, 5.41) is 3.43. The van der Waals surface area contributed by atoms with Gasteiger partial charge in [0.1, 0.15) is 12.4 Å². The Hall–Kier alpha value is -1.81. The van der Waals surface area contributed by atoms with Crippen molar-refractivity contribution in [2.75, 3.05) is 6.61 Å². The SMILES string of the molecule is CC(C)NCc1cncn1C1COc2ccccc21. The second-order valence-electron chi connectivity index (χ2n) is 5.19. The van der Waals surface area contributed by atoms with E-state index in [9.17, 15) is 0 Å². The summed E-state index contributed by atoms with van der Waals surface area (Å²) in [5.74, 6) is 0.990. The summed E-state index contributed by atoms with van der Waals surface area (Å²) in [7, 11) is 0. The van der Waals surface area contributed by atoms with E-state index in [0.29, 0.717) is 12.6 Å². The Kier molecular flexibility index (Phi) is 3.25. The summed E-state index contributed by atoms with van der Waals surface area (Å²) >= 11 is 0. The lowest BCUT2D eigenvalue weighted by molar-refractivity contribution is 0.313. The van der Waals surface area contributed by atoms with Gasteiger partial charge in [-0.2, -0.15) is 0 Å². The Bertz CT molecular complexity index is 562. The van der Waals surface area contributed by atoms with E-state index in [0.717, 1.165) is 12.3 Å². The van der Waals surface area contributed by atoms with E-state index in [1.54, 1.807) is 0 Å². The Balaban J connectivity index is 1.86. The predicted molar refractivity (Wildman–Crippen MR) is 74.3 cm³/mol. The number of imidazole rings is 1. The van der Waals surface area contributed by atoms with E-state index in [2.05, 4.69) is 40.8 Å². The molecule has 19 heavy (non-hydrogen) atoms. The largest absolute Gasteiger partial charge is 0.491 e. The lowest BCUT2D eigenvalue weighted by Crippen LogP contribution is -2.24. The smallest absolute Gasteiger partial charge is 0.124 e. The van der Waals surface area contributed by atoms with Gasteiger partial charge in [-0.15, -0.1) is 0 Å². The van der Waals surface area contributed by atoms with Crippen LogP contribution >= 0.6 is 0 Å². The second kappa shape index (κ2) is 5.05. The summed E-state index contributed by atoms with van der Waals surface area (Å²) in [6.07, 6.45) is 3.82. The van der Waals surface area contributed by atoms with Crippen LogP contribution in [0.5, 0.6) is 5.75 Å². The Morgan fingerprint density at radius 2 is 2.26 bits per heavy atom. The molecular weight excluding hydrogens is 238 g/mol. The van der Waals surface area contributed by atoms with E-state index in [-0.39, 0.29) is 6.04 Å². The van der Waals surface area contributed by atoms with Gasteiger partial charge in [-0.05, 0) is 6.07 Å². The van der Waals surface area contributed by atoms with Gasteiger partial charge in [-0.25, -0.2) is 4.98 Å². The molecule has 1 atom stereocenters. The molecule has 0 saturated heterocycles. The van der Waals surface area contributed by atoms with Crippen LogP contribution in [0.1, 0.15) is 31.1 Å². The van der Waals surface area contributed by atoms with Crippen molar-refractivity contribution in [2.24, 2.45) is 0 Å². The maximum atomic E-state index is 5.75. The predicted octanol–water partition coefficient (Wildman–Crippen LogP) is 2.36. The third kappa shape index (κ3) is 2.36. The van der Waals surface area contributed by atoms with E-state index >= 15 is 0 Å². The molecule has 0 spiro atoms. The van der Waals surface area contributed by atoms with Crippen LogP contribution in [-0.2, 0) is 6.54 Å². The molecule has 1 aliphatic rings. The molecule has 0 fully saturated rings. The number of fused-ring (bicyclic) bond motifs is 1. The highest BCUT2D eigenvalue weighted by atomic mass is 16.5. The van der Waals surface area contributed by atoms with Gasteiger partial charge in [0.25, 0.3) is 0 Å². The normalized spacial score (nSPS) is 17.5. The molecule has 2 heterocycles. The molecule has 2 aromatic rings. The first-order chi connectivity index (χ1) is 9.25. The van der Waals surface area contributed by atoms with Crippen molar-refractivity contribution in [1.82, 2.24) is 14.9 Å². The molecule has 4 nitrogen and oxygen atoms in total. The number of nitrogens with one attached hydrogen (secondary N) is 1. The number of hydrogen-bond donors (Lipinski definition) is 1. The summed E-state index contributed by atoms with van der Waals surface area (Å²) in [6.45, 7) is 5.81. The zero-order valence-electron chi connectivity index (χ0n) is 11.3. The van der Waals surface area contributed by atoms with Crippen molar-refractivity contribution in [1.29, 1.82) is 0 Å². The van der Waals surface area contributed by atoms with Crippen molar-refractivity contribution in [3.05, 3.63) is 48.0 Å². The van der Waals surface area contributed by atoms with Crippen molar-refractivity contribution in [3.63, 3.8) is 0 Å². The molecule has 3 rings (SSSR count). The minimum atomic E-state index is 0.239. The molecule has 0 saturated carbocycles. The first kappa shape index (κ1) is 12.2. The average molecular weight is 257 g/mol. The number of benzene rings is 1. The number of nitrogens with zero attached hydrogens (tertiary/aromatic N) is 2. The molecule has 0 radical (unpaired) electrons. The van der Waals surface area contributed by atoms with Gasteiger partial charge in [-0.3, -0.25) is 0 Å². The van der Waals surface area contributed by atoms with E-state index in [4.69, 9.17) is 4.74 Å². The zero-order valence-corrected chi connectivity index (χ0v) is 11.3. The number of para-hydroxylation sites is 1.